The maximum absolute atomic E-state index is 13.6. The largest absolute Gasteiger partial charge is 0.349 e. The maximum atomic E-state index is 13.6. The van der Waals surface area contributed by atoms with E-state index in [1.165, 1.54) is 12.5 Å². The van der Waals surface area contributed by atoms with Gasteiger partial charge in [-0.3, -0.25) is 14.6 Å². The second kappa shape index (κ2) is 7.68. The Morgan fingerprint density at radius 3 is 2.48 bits per heavy atom. The molecule has 0 saturated heterocycles. The zero-order chi connectivity index (χ0) is 16.8. The minimum atomic E-state index is -1.26. The first kappa shape index (κ1) is 16.9. The molecular formula is C15H15F3N2O3. The Labute approximate surface area is 130 Å². The molecule has 8 heteroatoms. The summed E-state index contributed by atoms with van der Waals surface area (Å²) in [5, 5.41) is 2.49. The lowest BCUT2D eigenvalue weighted by Crippen LogP contribution is -2.37. The molecule has 1 aliphatic rings. The Balaban J connectivity index is 2.11. The maximum Gasteiger partial charge on any atom is 0.257 e. The Kier molecular flexibility index (Phi) is 5.64. The number of nitrogens with two attached hydrogens (primary N) is 1. The molecule has 1 unspecified atom stereocenters. The van der Waals surface area contributed by atoms with E-state index >= 15 is 0 Å². The molecule has 0 radical (unpaired) electrons. The van der Waals surface area contributed by atoms with Crippen molar-refractivity contribution in [3.8, 4) is 0 Å². The topological polar surface area (TPSA) is 73.6 Å². The number of nitrogens with one attached hydrogen (secondary N) is 1. The van der Waals surface area contributed by atoms with Gasteiger partial charge in [0.25, 0.3) is 5.91 Å². The lowest BCUT2D eigenvalue weighted by atomic mass is 10.0. The summed E-state index contributed by atoms with van der Waals surface area (Å²) in [6, 6.07) is 0.426. The van der Waals surface area contributed by atoms with Crippen LogP contribution in [0.3, 0.4) is 0 Å². The van der Waals surface area contributed by atoms with Gasteiger partial charge in [0.2, 0.25) is 0 Å². The van der Waals surface area contributed by atoms with Gasteiger partial charge in [-0.05, 0) is 31.0 Å². The van der Waals surface area contributed by atoms with Gasteiger partial charge in [0, 0.05) is 18.2 Å². The first-order valence-corrected chi connectivity index (χ1v) is 6.84. The number of hydrogen-bond acceptors (Lipinski definition) is 4. The van der Waals surface area contributed by atoms with Crippen molar-refractivity contribution in [1.82, 2.24) is 5.32 Å². The van der Waals surface area contributed by atoms with Crippen LogP contribution in [0.1, 0.15) is 23.2 Å². The van der Waals surface area contributed by atoms with Crippen molar-refractivity contribution in [1.29, 1.82) is 0 Å². The molecule has 1 amide bonds. The number of carbonyl (C=O) groups is 1. The molecule has 1 heterocycles. The number of hydrogen-bond donors (Lipinski definition) is 2. The molecule has 1 aliphatic heterocycles. The van der Waals surface area contributed by atoms with E-state index in [1.54, 1.807) is 6.08 Å². The van der Waals surface area contributed by atoms with E-state index in [1.807, 2.05) is 0 Å². The smallest absolute Gasteiger partial charge is 0.257 e. The van der Waals surface area contributed by atoms with Crippen LogP contribution in [0.5, 0.6) is 0 Å². The summed E-state index contributed by atoms with van der Waals surface area (Å²) >= 11 is 0. The summed E-state index contributed by atoms with van der Waals surface area (Å²) in [5.74, 6) is -4.60. The molecule has 0 spiro atoms. The van der Waals surface area contributed by atoms with Gasteiger partial charge in [-0.2, -0.15) is 0 Å². The van der Waals surface area contributed by atoms with Crippen molar-refractivity contribution in [2.75, 3.05) is 6.54 Å². The van der Waals surface area contributed by atoms with Gasteiger partial charge in [0.1, 0.15) is 35.5 Å². The molecule has 0 aromatic heterocycles. The summed E-state index contributed by atoms with van der Waals surface area (Å²) in [4.78, 5) is 21.3. The predicted molar refractivity (Wildman–Crippen MR) is 75.3 cm³/mol. The van der Waals surface area contributed by atoms with Crippen LogP contribution in [0.4, 0.5) is 13.2 Å². The predicted octanol–water partition coefficient (Wildman–Crippen LogP) is 2.30. The molecule has 23 heavy (non-hydrogen) atoms. The average Bonchev–Trinajstić information content (AvgIpc) is 2.47. The number of amides is 1. The fourth-order valence-corrected chi connectivity index (χ4v) is 2.12. The highest BCUT2D eigenvalue weighted by molar-refractivity contribution is 5.95. The normalized spacial score (nSPS) is 14.5. The van der Waals surface area contributed by atoms with Crippen LogP contribution in [0, 0.1) is 17.5 Å². The molecular weight excluding hydrogens is 313 g/mol. The number of rotatable bonds is 6. The van der Waals surface area contributed by atoms with Crippen LogP contribution in [-0.4, -0.2) is 18.5 Å². The standard InChI is InChI=1S/C15H15F3N2O3/c16-10-6-12(17)14(13(18)7-10)15(21)20-11(1-3-19)5-9-2-4-22-23-8-9/h2,4,6-8,11H,1,3,5,19H2,(H,20,21). The Bertz CT molecular complexity index is 624. The minimum Gasteiger partial charge on any atom is -0.349 e. The lowest BCUT2D eigenvalue weighted by molar-refractivity contribution is -0.199. The van der Waals surface area contributed by atoms with Crippen molar-refractivity contribution in [2.45, 2.75) is 18.9 Å². The van der Waals surface area contributed by atoms with Crippen molar-refractivity contribution in [3.05, 3.63) is 59.3 Å². The van der Waals surface area contributed by atoms with Gasteiger partial charge in [-0.15, -0.1) is 0 Å². The second-order valence-corrected chi connectivity index (χ2v) is 4.88. The van der Waals surface area contributed by atoms with Crippen LogP contribution >= 0.6 is 0 Å². The number of carbonyl (C=O) groups excluding carboxylic acids is 1. The SMILES string of the molecule is NCCC(CC1=COOC=C1)NC(=O)c1c(F)cc(F)cc1F. The molecule has 124 valence electrons. The van der Waals surface area contributed by atoms with Crippen LogP contribution in [0.2, 0.25) is 0 Å². The van der Waals surface area contributed by atoms with E-state index in [9.17, 15) is 18.0 Å². The van der Waals surface area contributed by atoms with E-state index in [0.29, 0.717) is 30.5 Å². The molecule has 1 atom stereocenters. The van der Waals surface area contributed by atoms with Gasteiger partial charge < -0.3 is 11.1 Å². The van der Waals surface area contributed by atoms with Gasteiger partial charge in [-0.25, -0.2) is 13.2 Å². The van der Waals surface area contributed by atoms with Crippen molar-refractivity contribution < 1.29 is 27.7 Å². The Morgan fingerprint density at radius 1 is 1.22 bits per heavy atom. The molecule has 0 fully saturated rings. The van der Waals surface area contributed by atoms with E-state index in [0.717, 1.165) is 0 Å². The quantitative estimate of drug-likeness (QED) is 0.786. The monoisotopic (exact) mass is 328 g/mol. The number of halogens is 3. The highest BCUT2D eigenvalue weighted by atomic mass is 19.1. The van der Waals surface area contributed by atoms with E-state index in [-0.39, 0.29) is 6.54 Å². The Hall–Kier alpha value is -2.48. The fraction of sp³-hybridized carbons (Fsp3) is 0.267. The van der Waals surface area contributed by atoms with Gasteiger partial charge in [-0.1, -0.05) is 0 Å². The summed E-state index contributed by atoms with van der Waals surface area (Å²) in [6.45, 7) is 0.258. The van der Waals surface area contributed by atoms with Crippen molar-refractivity contribution >= 4 is 5.91 Å². The van der Waals surface area contributed by atoms with Crippen LogP contribution in [0.15, 0.2) is 36.3 Å². The van der Waals surface area contributed by atoms with Crippen LogP contribution < -0.4 is 11.1 Å². The average molecular weight is 328 g/mol. The van der Waals surface area contributed by atoms with Gasteiger partial charge in [0.15, 0.2) is 0 Å². The van der Waals surface area contributed by atoms with E-state index in [4.69, 9.17) is 5.73 Å². The first-order chi connectivity index (χ1) is 11.0. The molecule has 5 nitrogen and oxygen atoms in total. The third-order valence-corrected chi connectivity index (χ3v) is 3.16. The minimum absolute atomic E-state index is 0.258. The van der Waals surface area contributed by atoms with E-state index < -0.39 is 35.0 Å². The van der Waals surface area contributed by atoms with Gasteiger partial charge in [0.05, 0.1) is 0 Å². The zero-order valence-corrected chi connectivity index (χ0v) is 12.0. The molecule has 1 aromatic rings. The van der Waals surface area contributed by atoms with Crippen LogP contribution in [0.25, 0.3) is 0 Å². The number of allylic oxidation sites excluding steroid dienone is 1. The summed E-state index contributed by atoms with van der Waals surface area (Å²) in [5.41, 5.74) is 5.36. The summed E-state index contributed by atoms with van der Waals surface area (Å²) in [7, 11) is 0. The zero-order valence-electron chi connectivity index (χ0n) is 12.0. The third kappa shape index (κ3) is 4.49. The van der Waals surface area contributed by atoms with Gasteiger partial charge >= 0.3 is 0 Å². The molecule has 1 aromatic carbocycles. The fourth-order valence-electron chi connectivity index (χ4n) is 2.12. The second-order valence-electron chi connectivity index (χ2n) is 4.88. The van der Waals surface area contributed by atoms with Crippen molar-refractivity contribution in [2.24, 2.45) is 5.73 Å². The van der Waals surface area contributed by atoms with Crippen molar-refractivity contribution in [3.63, 3.8) is 0 Å². The molecule has 0 saturated carbocycles. The molecule has 3 N–H and O–H groups in total. The number of benzene rings is 1. The van der Waals surface area contributed by atoms with Crippen LogP contribution in [-0.2, 0) is 9.78 Å². The van der Waals surface area contributed by atoms with E-state index in [2.05, 4.69) is 15.1 Å². The first-order valence-electron chi connectivity index (χ1n) is 6.84. The molecule has 0 bridgehead atoms. The lowest BCUT2D eigenvalue weighted by Gasteiger charge is -2.19. The third-order valence-electron chi connectivity index (χ3n) is 3.16. The molecule has 2 rings (SSSR count). The summed E-state index contributed by atoms with van der Waals surface area (Å²) in [6.07, 6.45) is 4.98. The summed E-state index contributed by atoms with van der Waals surface area (Å²) < 4.78 is 40.2. The Morgan fingerprint density at radius 2 is 1.91 bits per heavy atom. The molecule has 0 aliphatic carbocycles. The highest BCUT2D eigenvalue weighted by Gasteiger charge is 2.22. The highest BCUT2D eigenvalue weighted by Crippen LogP contribution is 2.17.